The fourth-order valence-electron chi connectivity index (χ4n) is 2.37. The number of benzene rings is 1. The standard InChI is InChI=1S/C21H27N3O3/c1-14(2)20(23)24-13-17(10-11-18(24)22)26-16-8-6-15(7-9-16)12-19(25)27-21(3,4)5/h6-11,13-14,22-23H,12H2,1-5H3. The second-order valence-electron chi connectivity index (χ2n) is 7.67. The maximum Gasteiger partial charge on any atom is 0.310 e. The molecule has 2 aromatic rings. The lowest BCUT2D eigenvalue weighted by atomic mass is 10.1. The Morgan fingerprint density at radius 1 is 1.07 bits per heavy atom. The van der Waals surface area contributed by atoms with E-state index in [2.05, 4.69) is 0 Å². The Labute approximate surface area is 159 Å². The highest BCUT2D eigenvalue weighted by Gasteiger charge is 2.16. The lowest BCUT2D eigenvalue weighted by Gasteiger charge is -2.19. The van der Waals surface area contributed by atoms with Crippen molar-refractivity contribution in [2.24, 2.45) is 5.92 Å². The number of carbonyl (C=O) groups is 1. The number of aromatic nitrogens is 1. The van der Waals surface area contributed by atoms with Crippen LogP contribution in [0, 0.1) is 16.7 Å². The number of nitrogens with zero attached hydrogens (tertiary/aromatic N) is 1. The van der Waals surface area contributed by atoms with Crippen molar-refractivity contribution in [1.29, 1.82) is 10.8 Å². The van der Waals surface area contributed by atoms with Crippen LogP contribution in [0.3, 0.4) is 0 Å². The van der Waals surface area contributed by atoms with Crippen molar-refractivity contribution >= 4 is 11.8 Å². The van der Waals surface area contributed by atoms with Crippen molar-refractivity contribution in [2.45, 2.75) is 46.6 Å². The molecule has 0 fully saturated rings. The molecule has 0 aliphatic rings. The zero-order valence-electron chi connectivity index (χ0n) is 16.5. The molecule has 0 aliphatic carbocycles. The van der Waals surface area contributed by atoms with E-state index >= 15 is 0 Å². The van der Waals surface area contributed by atoms with Gasteiger partial charge in [0.2, 0.25) is 0 Å². The number of hydrogen-bond donors (Lipinski definition) is 2. The molecule has 144 valence electrons. The van der Waals surface area contributed by atoms with E-state index in [0.717, 1.165) is 5.56 Å². The van der Waals surface area contributed by atoms with Crippen LogP contribution in [-0.4, -0.2) is 22.0 Å². The summed E-state index contributed by atoms with van der Waals surface area (Å²) in [7, 11) is 0. The number of hydrogen-bond acceptors (Lipinski definition) is 5. The molecule has 0 saturated carbocycles. The van der Waals surface area contributed by atoms with Crippen molar-refractivity contribution in [3.63, 3.8) is 0 Å². The summed E-state index contributed by atoms with van der Waals surface area (Å²) in [6, 6.07) is 10.5. The zero-order valence-corrected chi connectivity index (χ0v) is 16.5. The lowest BCUT2D eigenvalue weighted by molar-refractivity contribution is -0.153. The average Bonchev–Trinajstić information content (AvgIpc) is 2.56. The van der Waals surface area contributed by atoms with E-state index in [1.807, 2.05) is 46.8 Å². The fraction of sp³-hybridized carbons (Fsp3) is 0.381. The number of pyridine rings is 1. The van der Waals surface area contributed by atoms with Gasteiger partial charge in [-0.3, -0.25) is 20.2 Å². The Balaban J connectivity index is 2.09. The third kappa shape index (κ3) is 6.09. The third-order valence-corrected chi connectivity index (χ3v) is 3.66. The zero-order chi connectivity index (χ0) is 20.2. The summed E-state index contributed by atoms with van der Waals surface area (Å²) in [5.74, 6) is 1.22. The van der Waals surface area contributed by atoms with Crippen LogP contribution in [-0.2, 0) is 16.0 Å². The summed E-state index contributed by atoms with van der Waals surface area (Å²) < 4.78 is 12.6. The van der Waals surface area contributed by atoms with Crippen LogP contribution in [0.1, 0.15) is 40.2 Å². The van der Waals surface area contributed by atoms with Crippen molar-refractivity contribution in [3.05, 3.63) is 53.6 Å². The van der Waals surface area contributed by atoms with Crippen LogP contribution < -0.4 is 10.2 Å². The Hall–Kier alpha value is -2.89. The molecule has 27 heavy (non-hydrogen) atoms. The van der Waals surface area contributed by atoms with Gasteiger partial charge in [0, 0.05) is 5.92 Å². The van der Waals surface area contributed by atoms with Crippen LogP contribution >= 0.6 is 0 Å². The molecule has 6 heteroatoms. The van der Waals surface area contributed by atoms with Crippen molar-refractivity contribution in [2.75, 3.05) is 0 Å². The number of carbonyl (C=O) groups excluding carboxylic acids is 1. The minimum atomic E-state index is -0.497. The van der Waals surface area contributed by atoms with Crippen molar-refractivity contribution < 1.29 is 14.3 Å². The molecule has 6 nitrogen and oxygen atoms in total. The molecular weight excluding hydrogens is 342 g/mol. The normalized spacial score (nSPS) is 11.3. The molecule has 0 aliphatic heterocycles. The quantitative estimate of drug-likeness (QED) is 0.472. The minimum absolute atomic E-state index is 0.00138. The highest BCUT2D eigenvalue weighted by Crippen LogP contribution is 2.21. The Bertz CT molecular complexity index is 875. The van der Waals surface area contributed by atoms with Gasteiger partial charge in [-0.25, -0.2) is 0 Å². The molecule has 2 rings (SSSR count). The average molecular weight is 369 g/mol. The van der Waals surface area contributed by atoms with Gasteiger partial charge in [-0.2, -0.15) is 0 Å². The van der Waals surface area contributed by atoms with Crippen molar-refractivity contribution in [3.8, 4) is 11.5 Å². The highest BCUT2D eigenvalue weighted by molar-refractivity contribution is 5.83. The first-order chi connectivity index (χ1) is 12.5. The van der Waals surface area contributed by atoms with E-state index < -0.39 is 5.60 Å². The van der Waals surface area contributed by atoms with Gasteiger partial charge in [0.1, 0.15) is 28.4 Å². The maximum atomic E-state index is 11.9. The van der Waals surface area contributed by atoms with Gasteiger partial charge < -0.3 is 9.47 Å². The predicted octanol–water partition coefficient (Wildman–Crippen LogP) is 4.13. The molecule has 1 heterocycles. The summed E-state index contributed by atoms with van der Waals surface area (Å²) in [6.07, 6.45) is 1.84. The third-order valence-electron chi connectivity index (χ3n) is 3.66. The van der Waals surface area contributed by atoms with Crippen LogP contribution in [0.5, 0.6) is 11.5 Å². The Morgan fingerprint density at radius 2 is 1.67 bits per heavy atom. The molecule has 0 amide bonds. The largest absolute Gasteiger partial charge is 0.460 e. The molecule has 1 aromatic heterocycles. The summed E-state index contributed by atoms with van der Waals surface area (Å²) >= 11 is 0. The van der Waals surface area contributed by atoms with Crippen LogP contribution in [0.2, 0.25) is 0 Å². The van der Waals surface area contributed by atoms with Gasteiger partial charge in [-0.05, 0) is 50.6 Å². The first-order valence-electron chi connectivity index (χ1n) is 8.90. The number of rotatable bonds is 5. The molecule has 0 bridgehead atoms. The number of ether oxygens (including phenoxy) is 2. The highest BCUT2D eigenvalue weighted by atomic mass is 16.6. The number of nitrogens with one attached hydrogen (secondary N) is 2. The molecule has 0 radical (unpaired) electrons. The molecule has 0 saturated heterocycles. The van der Waals surface area contributed by atoms with Gasteiger partial charge in [0.15, 0.2) is 0 Å². The van der Waals surface area contributed by atoms with E-state index in [1.54, 1.807) is 30.5 Å². The Morgan fingerprint density at radius 3 is 2.22 bits per heavy atom. The minimum Gasteiger partial charge on any atom is -0.460 e. The first-order valence-corrected chi connectivity index (χ1v) is 8.90. The molecule has 0 spiro atoms. The summed E-state index contributed by atoms with van der Waals surface area (Å²) in [6.45, 7) is 9.34. The topological polar surface area (TPSA) is 88.2 Å². The smallest absolute Gasteiger partial charge is 0.310 e. The van der Waals surface area contributed by atoms with Gasteiger partial charge >= 0.3 is 5.97 Å². The molecule has 0 atom stereocenters. The van der Waals surface area contributed by atoms with Gasteiger partial charge in [-0.1, -0.05) is 26.0 Å². The Kier molecular flexibility index (Phi) is 6.20. The van der Waals surface area contributed by atoms with Crippen LogP contribution in [0.4, 0.5) is 0 Å². The SMILES string of the molecule is CC(C)C(=N)n1cc(Oc2ccc(CC(=O)OC(C)(C)C)cc2)ccc1=N. The fourth-order valence-corrected chi connectivity index (χ4v) is 2.37. The predicted molar refractivity (Wildman–Crippen MR) is 104 cm³/mol. The summed E-state index contributed by atoms with van der Waals surface area (Å²) in [4.78, 5) is 11.9. The second kappa shape index (κ2) is 8.20. The van der Waals surface area contributed by atoms with E-state index in [9.17, 15) is 4.79 Å². The first kappa shape index (κ1) is 20.4. The molecule has 1 aromatic carbocycles. The van der Waals surface area contributed by atoms with E-state index in [1.165, 1.54) is 4.57 Å². The molecule has 0 unspecified atom stereocenters. The molecular formula is C21H27N3O3. The second-order valence-corrected chi connectivity index (χ2v) is 7.67. The van der Waals surface area contributed by atoms with Crippen LogP contribution in [0.15, 0.2) is 42.6 Å². The van der Waals surface area contributed by atoms with E-state index in [0.29, 0.717) is 17.3 Å². The maximum absolute atomic E-state index is 11.9. The van der Waals surface area contributed by atoms with Gasteiger partial charge in [0.05, 0.1) is 12.6 Å². The lowest BCUT2D eigenvalue weighted by Crippen LogP contribution is -2.28. The molecule has 2 N–H and O–H groups in total. The van der Waals surface area contributed by atoms with E-state index in [-0.39, 0.29) is 23.8 Å². The van der Waals surface area contributed by atoms with Gasteiger partial charge in [-0.15, -0.1) is 0 Å². The number of esters is 1. The summed E-state index contributed by atoms with van der Waals surface area (Å²) in [5, 5.41) is 16.0. The monoisotopic (exact) mass is 369 g/mol. The van der Waals surface area contributed by atoms with Crippen LogP contribution in [0.25, 0.3) is 0 Å². The van der Waals surface area contributed by atoms with Crippen molar-refractivity contribution in [1.82, 2.24) is 4.57 Å². The summed E-state index contributed by atoms with van der Waals surface area (Å²) in [5.41, 5.74) is 0.576. The van der Waals surface area contributed by atoms with E-state index in [4.69, 9.17) is 20.3 Å². The van der Waals surface area contributed by atoms with Gasteiger partial charge in [0.25, 0.3) is 0 Å².